The number of aromatic nitrogens is 2. The first-order valence-electron chi connectivity index (χ1n) is 8.73. The Balaban J connectivity index is 1.46. The third-order valence-corrected chi connectivity index (χ3v) is 5.34. The van der Waals surface area contributed by atoms with Gasteiger partial charge in [-0.25, -0.2) is 4.79 Å². The molecule has 2 aliphatic rings. The third kappa shape index (κ3) is 2.75. The summed E-state index contributed by atoms with van der Waals surface area (Å²) in [5, 5.41) is 8.57. The van der Waals surface area contributed by atoms with Crippen LogP contribution in [0.3, 0.4) is 0 Å². The van der Waals surface area contributed by atoms with Crippen molar-refractivity contribution < 1.29 is 9.53 Å². The first-order chi connectivity index (χ1) is 11.6. The maximum absolute atomic E-state index is 12.6. The Morgan fingerprint density at radius 3 is 2.96 bits per heavy atom. The third-order valence-electron chi connectivity index (χ3n) is 5.34. The van der Waals surface area contributed by atoms with Gasteiger partial charge >= 0.3 is 6.03 Å². The Labute approximate surface area is 141 Å². The van der Waals surface area contributed by atoms with Crippen LogP contribution in [0, 0.1) is 12.8 Å². The Bertz CT molecular complexity index is 766. The molecule has 1 aliphatic heterocycles. The monoisotopic (exact) mass is 328 g/mol. The number of rotatable bonds is 2. The summed E-state index contributed by atoms with van der Waals surface area (Å²) in [4.78, 5) is 14.5. The minimum atomic E-state index is -0.0409. The predicted octanol–water partition coefficient (Wildman–Crippen LogP) is 2.91. The first-order valence-corrected chi connectivity index (χ1v) is 8.73. The molecule has 1 saturated carbocycles. The molecule has 128 valence electrons. The van der Waals surface area contributed by atoms with Crippen LogP contribution in [0.15, 0.2) is 18.2 Å². The van der Waals surface area contributed by atoms with E-state index in [1.54, 1.807) is 0 Å². The topological polar surface area (TPSA) is 59.4 Å². The molecule has 1 saturated heterocycles. The van der Waals surface area contributed by atoms with Crippen molar-refractivity contribution in [3.63, 3.8) is 0 Å². The Hall–Kier alpha value is -2.08. The van der Waals surface area contributed by atoms with E-state index in [9.17, 15) is 4.79 Å². The van der Waals surface area contributed by atoms with E-state index in [1.165, 1.54) is 19.3 Å². The summed E-state index contributed by atoms with van der Waals surface area (Å²) < 4.78 is 7.70. The minimum absolute atomic E-state index is 0.0409. The van der Waals surface area contributed by atoms with Crippen molar-refractivity contribution in [1.29, 1.82) is 0 Å². The van der Waals surface area contributed by atoms with Gasteiger partial charge in [0.05, 0.1) is 23.9 Å². The number of carbonyl (C=O) groups excluding carboxylic acids is 1. The summed E-state index contributed by atoms with van der Waals surface area (Å²) in [5.74, 6) is 0.634. The summed E-state index contributed by atoms with van der Waals surface area (Å²) in [5.41, 5.74) is 2.84. The standard InChI is InChI=1S/C18H24N4O2/c1-12-15-7-6-14(10-16(15)21(2)20-12)19-18(23)22-8-9-24-17(11-22)13-4-3-5-13/h6-7,10,13,17H,3-5,8-9,11H2,1-2H3,(H,19,23). The van der Waals surface area contributed by atoms with Gasteiger partial charge < -0.3 is 15.0 Å². The molecule has 1 atom stereocenters. The number of carbonyl (C=O) groups is 1. The number of hydrogen-bond donors (Lipinski definition) is 1. The summed E-state index contributed by atoms with van der Waals surface area (Å²) in [7, 11) is 1.92. The lowest BCUT2D eigenvalue weighted by molar-refractivity contribution is -0.0615. The van der Waals surface area contributed by atoms with Gasteiger partial charge in [0.2, 0.25) is 0 Å². The molecular weight excluding hydrogens is 304 g/mol. The van der Waals surface area contributed by atoms with Crippen LogP contribution < -0.4 is 5.32 Å². The second kappa shape index (κ2) is 6.09. The average Bonchev–Trinajstić information content (AvgIpc) is 2.80. The van der Waals surface area contributed by atoms with Crippen molar-refractivity contribution in [3.05, 3.63) is 23.9 Å². The number of morpholine rings is 1. The SMILES string of the molecule is Cc1nn(C)c2cc(NC(=O)N3CCOC(C4CCC4)C3)ccc12. The molecule has 0 radical (unpaired) electrons. The van der Waals surface area contributed by atoms with Crippen molar-refractivity contribution in [2.75, 3.05) is 25.0 Å². The fraction of sp³-hybridized carbons (Fsp3) is 0.556. The van der Waals surface area contributed by atoms with Gasteiger partial charge in [-0.3, -0.25) is 4.68 Å². The molecule has 2 heterocycles. The van der Waals surface area contributed by atoms with Crippen LogP contribution in [0.1, 0.15) is 25.0 Å². The first kappa shape index (κ1) is 15.4. The Kier molecular flexibility index (Phi) is 3.92. The zero-order valence-corrected chi connectivity index (χ0v) is 14.3. The molecule has 24 heavy (non-hydrogen) atoms. The van der Waals surface area contributed by atoms with Gasteiger partial charge in [-0.1, -0.05) is 6.42 Å². The molecule has 1 unspecified atom stereocenters. The number of urea groups is 1. The average molecular weight is 328 g/mol. The highest BCUT2D eigenvalue weighted by Gasteiger charge is 2.33. The van der Waals surface area contributed by atoms with Crippen LogP contribution in [0.4, 0.5) is 10.5 Å². The van der Waals surface area contributed by atoms with E-state index >= 15 is 0 Å². The number of nitrogens with one attached hydrogen (secondary N) is 1. The van der Waals surface area contributed by atoms with Crippen LogP contribution in [0.5, 0.6) is 0 Å². The van der Waals surface area contributed by atoms with E-state index in [0.717, 1.165) is 22.3 Å². The zero-order valence-electron chi connectivity index (χ0n) is 14.3. The number of anilines is 1. The quantitative estimate of drug-likeness (QED) is 0.922. The van der Waals surface area contributed by atoms with E-state index in [1.807, 2.05) is 41.8 Å². The van der Waals surface area contributed by atoms with Crippen LogP contribution in [0.2, 0.25) is 0 Å². The van der Waals surface area contributed by atoms with Gasteiger partial charge in [0.15, 0.2) is 0 Å². The van der Waals surface area contributed by atoms with E-state index in [0.29, 0.717) is 25.6 Å². The molecule has 1 aliphatic carbocycles. The van der Waals surface area contributed by atoms with Crippen molar-refractivity contribution in [2.45, 2.75) is 32.3 Å². The second-order valence-electron chi connectivity index (χ2n) is 6.92. The highest BCUT2D eigenvalue weighted by molar-refractivity contribution is 5.93. The molecule has 0 spiro atoms. The molecule has 4 rings (SSSR count). The van der Waals surface area contributed by atoms with Gasteiger partial charge in [0.25, 0.3) is 0 Å². The molecule has 6 heteroatoms. The fourth-order valence-electron chi connectivity index (χ4n) is 3.68. The second-order valence-corrected chi connectivity index (χ2v) is 6.92. The number of amides is 2. The molecule has 0 bridgehead atoms. The fourth-order valence-corrected chi connectivity index (χ4v) is 3.68. The van der Waals surface area contributed by atoms with Gasteiger partial charge in [-0.15, -0.1) is 0 Å². The number of benzene rings is 1. The minimum Gasteiger partial charge on any atom is -0.374 e. The molecule has 1 aromatic carbocycles. The van der Waals surface area contributed by atoms with Crippen molar-refractivity contribution in [3.8, 4) is 0 Å². The number of fused-ring (bicyclic) bond motifs is 1. The molecule has 1 N–H and O–H groups in total. The van der Waals surface area contributed by atoms with E-state index < -0.39 is 0 Å². The highest BCUT2D eigenvalue weighted by Crippen LogP contribution is 2.32. The number of hydrogen-bond acceptors (Lipinski definition) is 3. The Morgan fingerprint density at radius 1 is 1.38 bits per heavy atom. The van der Waals surface area contributed by atoms with E-state index in [2.05, 4.69) is 10.4 Å². The lowest BCUT2D eigenvalue weighted by atomic mass is 9.80. The zero-order chi connectivity index (χ0) is 16.7. The maximum Gasteiger partial charge on any atom is 0.322 e. The molecule has 2 fully saturated rings. The van der Waals surface area contributed by atoms with Gasteiger partial charge in [0, 0.05) is 31.2 Å². The highest BCUT2D eigenvalue weighted by atomic mass is 16.5. The van der Waals surface area contributed by atoms with Crippen LogP contribution in [0.25, 0.3) is 10.9 Å². The predicted molar refractivity (Wildman–Crippen MR) is 93.1 cm³/mol. The van der Waals surface area contributed by atoms with Crippen LogP contribution >= 0.6 is 0 Å². The molecular formula is C18H24N4O2. The molecule has 1 aromatic heterocycles. The number of ether oxygens (including phenoxy) is 1. The normalized spacial score (nSPS) is 21.8. The number of aryl methyl sites for hydroxylation is 2. The molecule has 2 aromatic rings. The Morgan fingerprint density at radius 2 is 2.21 bits per heavy atom. The number of nitrogens with zero attached hydrogens (tertiary/aromatic N) is 3. The molecule has 2 amide bonds. The molecule has 6 nitrogen and oxygen atoms in total. The smallest absolute Gasteiger partial charge is 0.322 e. The van der Waals surface area contributed by atoms with E-state index in [4.69, 9.17) is 4.74 Å². The lowest BCUT2D eigenvalue weighted by Gasteiger charge is -2.40. The summed E-state index contributed by atoms with van der Waals surface area (Å²) >= 11 is 0. The van der Waals surface area contributed by atoms with Crippen molar-refractivity contribution in [1.82, 2.24) is 14.7 Å². The van der Waals surface area contributed by atoms with Crippen LogP contribution in [-0.4, -0.2) is 46.5 Å². The largest absolute Gasteiger partial charge is 0.374 e. The summed E-state index contributed by atoms with van der Waals surface area (Å²) in [6.45, 7) is 3.98. The maximum atomic E-state index is 12.6. The van der Waals surface area contributed by atoms with Gasteiger partial charge in [-0.2, -0.15) is 5.10 Å². The lowest BCUT2D eigenvalue weighted by Crippen LogP contribution is -2.50. The summed E-state index contributed by atoms with van der Waals surface area (Å²) in [6.07, 6.45) is 3.97. The van der Waals surface area contributed by atoms with Crippen LogP contribution in [-0.2, 0) is 11.8 Å². The van der Waals surface area contributed by atoms with Gasteiger partial charge in [-0.05, 0) is 43.9 Å². The summed E-state index contributed by atoms with van der Waals surface area (Å²) in [6, 6.07) is 5.90. The van der Waals surface area contributed by atoms with Crippen molar-refractivity contribution >= 4 is 22.6 Å². The van der Waals surface area contributed by atoms with Gasteiger partial charge in [0.1, 0.15) is 0 Å². The van der Waals surface area contributed by atoms with E-state index in [-0.39, 0.29) is 12.1 Å². The van der Waals surface area contributed by atoms with Crippen molar-refractivity contribution in [2.24, 2.45) is 13.0 Å².